The minimum Gasteiger partial charge on any atom is -0.348 e. The fourth-order valence-corrected chi connectivity index (χ4v) is 3.53. The Morgan fingerprint density at radius 3 is 2.65 bits per heavy atom. The third-order valence-electron chi connectivity index (χ3n) is 3.59. The van der Waals surface area contributed by atoms with Gasteiger partial charge in [0.05, 0.1) is 23.9 Å². The van der Waals surface area contributed by atoms with Gasteiger partial charge in [-0.15, -0.1) is 10.2 Å². The van der Waals surface area contributed by atoms with Crippen molar-refractivity contribution in [1.82, 2.24) is 25.1 Å². The first-order valence-corrected chi connectivity index (χ1v) is 10.3. The molecular formula is C18H19N5OS2. The number of nitrogens with zero attached hydrogens (tertiary/aromatic N) is 4. The van der Waals surface area contributed by atoms with Crippen LogP contribution in [-0.4, -0.2) is 37.7 Å². The Labute approximate surface area is 160 Å². The van der Waals surface area contributed by atoms with Crippen molar-refractivity contribution >= 4 is 29.4 Å². The van der Waals surface area contributed by atoms with E-state index in [0.29, 0.717) is 18.8 Å². The third kappa shape index (κ3) is 5.09. The minimum absolute atomic E-state index is 0.0550. The second kappa shape index (κ2) is 9.40. The van der Waals surface area contributed by atoms with Crippen molar-refractivity contribution in [1.29, 1.82) is 0 Å². The number of nitrogens with one attached hydrogen (secondary N) is 1. The highest BCUT2D eigenvalue weighted by Gasteiger charge is 2.13. The second-order valence-electron chi connectivity index (χ2n) is 5.41. The number of pyridine rings is 1. The fraction of sp³-hybridized carbons (Fsp3) is 0.222. The number of benzene rings is 1. The van der Waals surface area contributed by atoms with Crippen LogP contribution >= 0.6 is 23.5 Å². The van der Waals surface area contributed by atoms with Crippen LogP contribution in [0.3, 0.4) is 0 Å². The van der Waals surface area contributed by atoms with E-state index in [-0.39, 0.29) is 5.91 Å². The molecule has 0 spiro atoms. The van der Waals surface area contributed by atoms with Gasteiger partial charge in [0.25, 0.3) is 0 Å². The molecule has 0 aliphatic heterocycles. The van der Waals surface area contributed by atoms with Crippen LogP contribution in [0, 0.1) is 0 Å². The topological polar surface area (TPSA) is 72.7 Å². The van der Waals surface area contributed by atoms with Crippen LogP contribution in [0.25, 0.3) is 0 Å². The lowest BCUT2D eigenvalue weighted by atomic mass is 10.2. The molecule has 0 radical (unpaired) electrons. The Balaban J connectivity index is 1.59. The summed E-state index contributed by atoms with van der Waals surface area (Å²) in [6.45, 7) is 1.03. The lowest BCUT2D eigenvalue weighted by Gasteiger charge is -2.10. The van der Waals surface area contributed by atoms with Gasteiger partial charge >= 0.3 is 0 Å². The molecule has 26 heavy (non-hydrogen) atoms. The molecule has 0 fully saturated rings. The Morgan fingerprint density at radius 2 is 1.92 bits per heavy atom. The lowest BCUT2D eigenvalue weighted by molar-refractivity contribution is -0.118. The summed E-state index contributed by atoms with van der Waals surface area (Å²) in [5.74, 6) is 1.01. The number of carbonyl (C=O) groups is 1. The highest BCUT2D eigenvalue weighted by Crippen LogP contribution is 2.16. The minimum atomic E-state index is -0.0550. The summed E-state index contributed by atoms with van der Waals surface area (Å²) in [6.07, 6.45) is 3.69. The van der Waals surface area contributed by atoms with Gasteiger partial charge in [-0.05, 0) is 24.0 Å². The number of carbonyl (C=O) groups excluding carboxylic acids is 1. The van der Waals surface area contributed by atoms with Crippen molar-refractivity contribution in [3.8, 4) is 0 Å². The van der Waals surface area contributed by atoms with Crippen LogP contribution in [0.4, 0.5) is 0 Å². The van der Waals surface area contributed by atoms with E-state index in [1.165, 1.54) is 17.3 Å². The van der Waals surface area contributed by atoms with Crippen LogP contribution in [-0.2, 0) is 17.9 Å². The first kappa shape index (κ1) is 18.5. The van der Waals surface area contributed by atoms with Crippen LogP contribution in [0.15, 0.2) is 64.9 Å². The van der Waals surface area contributed by atoms with E-state index in [2.05, 4.69) is 32.6 Å². The van der Waals surface area contributed by atoms with Gasteiger partial charge < -0.3 is 9.88 Å². The number of rotatable bonds is 8. The van der Waals surface area contributed by atoms with Crippen LogP contribution < -0.4 is 5.32 Å². The first-order chi connectivity index (χ1) is 12.8. The zero-order valence-electron chi connectivity index (χ0n) is 14.3. The summed E-state index contributed by atoms with van der Waals surface area (Å²) in [7, 11) is 0. The summed E-state index contributed by atoms with van der Waals surface area (Å²) in [6, 6.07) is 15.8. The molecule has 0 aliphatic carbocycles. The molecule has 1 aromatic carbocycles. The van der Waals surface area contributed by atoms with Gasteiger partial charge in [-0.25, -0.2) is 4.98 Å². The van der Waals surface area contributed by atoms with Crippen LogP contribution in [0.5, 0.6) is 0 Å². The molecule has 8 heteroatoms. The maximum atomic E-state index is 12.1. The van der Waals surface area contributed by atoms with Crippen LogP contribution in [0.1, 0.15) is 11.4 Å². The van der Waals surface area contributed by atoms with Gasteiger partial charge in [-0.2, -0.15) is 0 Å². The summed E-state index contributed by atoms with van der Waals surface area (Å²) in [5.41, 5.74) is 1.17. The van der Waals surface area contributed by atoms with Crippen molar-refractivity contribution in [3.05, 3.63) is 66.1 Å². The predicted octanol–water partition coefficient (Wildman–Crippen LogP) is 2.85. The second-order valence-corrected chi connectivity index (χ2v) is 7.18. The number of hydrogen-bond donors (Lipinski definition) is 1. The van der Waals surface area contributed by atoms with Crippen molar-refractivity contribution in [3.63, 3.8) is 0 Å². The first-order valence-electron chi connectivity index (χ1n) is 8.07. The smallest absolute Gasteiger partial charge is 0.230 e. The standard InChI is InChI=1S/C18H19N5OS2/c1-25-18-22-21-15(23(18)12-14-7-3-2-4-8-14)11-20-16(24)13-26-17-9-5-6-10-19-17/h2-10H,11-13H2,1H3,(H,20,24). The maximum Gasteiger partial charge on any atom is 0.230 e. The van der Waals surface area contributed by atoms with Crippen molar-refractivity contribution in [2.24, 2.45) is 0 Å². The van der Waals surface area contributed by atoms with E-state index in [9.17, 15) is 4.79 Å². The number of amides is 1. The highest BCUT2D eigenvalue weighted by molar-refractivity contribution is 7.99. The van der Waals surface area contributed by atoms with Crippen molar-refractivity contribution in [2.45, 2.75) is 23.3 Å². The molecule has 0 saturated carbocycles. The van der Waals surface area contributed by atoms with E-state index in [4.69, 9.17) is 0 Å². The summed E-state index contributed by atoms with van der Waals surface area (Å²) < 4.78 is 2.03. The Bertz CT molecular complexity index is 839. The molecule has 0 aliphatic rings. The normalized spacial score (nSPS) is 10.7. The molecule has 6 nitrogen and oxygen atoms in total. The summed E-state index contributed by atoms with van der Waals surface area (Å²) in [4.78, 5) is 16.3. The molecule has 0 unspecified atom stereocenters. The largest absolute Gasteiger partial charge is 0.348 e. The predicted molar refractivity (Wildman–Crippen MR) is 104 cm³/mol. The molecule has 2 heterocycles. The SMILES string of the molecule is CSc1nnc(CNC(=O)CSc2ccccn2)n1Cc1ccccc1. The fourth-order valence-electron chi connectivity index (χ4n) is 2.33. The lowest BCUT2D eigenvalue weighted by Crippen LogP contribution is -2.26. The molecular weight excluding hydrogens is 366 g/mol. The third-order valence-corrected chi connectivity index (χ3v) is 5.20. The molecule has 0 saturated heterocycles. The Hall–Kier alpha value is -2.32. The van der Waals surface area contributed by atoms with Gasteiger partial charge in [-0.1, -0.05) is 59.9 Å². The number of thioether (sulfide) groups is 2. The monoisotopic (exact) mass is 385 g/mol. The summed E-state index contributed by atoms with van der Waals surface area (Å²) in [5, 5.41) is 13.0. The highest BCUT2D eigenvalue weighted by atomic mass is 32.2. The zero-order valence-corrected chi connectivity index (χ0v) is 16.0. The molecule has 2 aromatic heterocycles. The van der Waals surface area contributed by atoms with E-state index in [0.717, 1.165) is 16.0 Å². The van der Waals surface area contributed by atoms with Gasteiger partial charge in [0.1, 0.15) is 0 Å². The van der Waals surface area contributed by atoms with E-state index < -0.39 is 0 Å². The van der Waals surface area contributed by atoms with Gasteiger partial charge in [0.15, 0.2) is 11.0 Å². The molecule has 1 amide bonds. The van der Waals surface area contributed by atoms with Crippen LogP contribution in [0.2, 0.25) is 0 Å². The molecule has 3 rings (SSSR count). The zero-order chi connectivity index (χ0) is 18.2. The van der Waals surface area contributed by atoms with Gasteiger partial charge in [0.2, 0.25) is 5.91 Å². The van der Waals surface area contributed by atoms with Crippen molar-refractivity contribution < 1.29 is 4.79 Å². The molecule has 1 N–H and O–H groups in total. The maximum absolute atomic E-state index is 12.1. The van der Waals surface area contributed by atoms with E-state index >= 15 is 0 Å². The molecule has 0 atom stereocenters. The average molecular weight is 386 g/mol. The summed E-state index contributed by atoms with van der Waals surface area (Å²) >= 11 is 2.95. The van der Waals surface area contributed by atoms with Gasteiger partial charge in [-0.3, -0.25) is 4.79 Å². The Morgan fingerprint density at radius 1 is 1.12 bits per heavy atom. The quantitative estimate of drug-likeness (QED) is 0.601. The molecule has 3 aromatic rings. The number of aromatic nitrogens is 4. The van der Waals surface area contributed by atoms with E-state index in [1.54, 1.807) is 18.0 Å². The molecule has 0 bridgehead atoms. The van der Waals surface area contributed by atoms with Gasteiger partial charge in [0, 0.05) is 6.20 Å². The van der Waals surface area contributed by atoms with Crippen molar-refractivity contribution in [2.75, 3.05) is 12.0 Å². The number of hydrogen-bond acceptors (Lipinski definition) is 6. The van der Waals surface area contributed by atoms with E-state index in [1.807, 2.05) is 47.2 Å². The Kier molecular flexibility index (Phi) is 6.68. The molecule has 134 valence electrons. The average Bonchev–Trinajstić information content (AvgIpc) is 3.08.